The summed E-state index contributed by atoms with van der Waals surface area (Å²) in [6.45, 7) is 0.205. The van der Waals surface area contributed by atoms with Crippen molar-refractivity contribution in [1.82, 2.24) is 4.98 Å². The standard InChI is InChI=1S/C26H28N2O4/c29-26(30)18-31-25-11-5-9-22-20(8-4-10-23(22)25)13-15-32-28-24(16-19-12-14-27-17-19)21-6-2-1-3-7-21/h1-3,5-7,9,11-12,14,17,20,27H,4,8,10,13,15-16,18H2,(H,29,30)/b28-24+. The fraction of sp³-hybridized carbons (Fsp3) is 0.308. The van der Waals surface area contributed by atoms with Gasteiger partial charge in [0, 0.05) is 18.8 Å². The second-order valence-electron chi connectivity index (χ2n) is 8.02. The summed E-state index contributed by atoms with van der Waals surface area (Å²) in [4.78, 5) is 19.8. The third-order valence-corrected chi connectivity index (χ3v) is 5.81. The molecule has 0 bridgehead atoms. The first-order valence-electron chi connectivity index (χ1n) is 11.0. The van der Waals surface area contributed by atoms with E-state index >= 15 is 0 Å². The summed E-state index contributed by atoms with van der Waals surface area (Å²) < 4.78 is 5.51. The van der Waals surface area contributed by atoms with Gasteiger partial charge >= 0.3 is 5.97 Å². The van der Waals surface area contributed by atoms with E-state index in [0.29, 0.717) is 24.7 Å². The predicted octanol–water partition coefficient (Wildman–Crippen LogP) is 4.95. The van der Waals surface area contributed by atoms with Gasteiger partial charge in [0.05, 0.1) is 5.71 Å². The lowest BCUT2D eigenvalue weighted by atomic mass is 9.81. The van der Waals surface area contributed by atoms with Gasteiger partial charge in [-0.2, -0.15) is 0 Å². The number of nitrogens with zero attached hydrogens (tertiary/aromatic N) is 1. The van der Waals surface area contributed by atoms with Crippen molar-refractivity contribution >= 4 is 11.7 Å². The number of rotatable bonds is 10. The summed E-state index contributed by atoms with van der Waals surface area (Å²) in [5, 5.41) is 13.4. The maximum atomic E-state index is 10.9. The zero-order valence-electron chi connectivity index (χ0n) is 18.0. The van der Waals surface area contributed by atoms with E-state index in [2.05, 4.69) is 16.2 Å². The second-order valence-corrected chi connectivity index (χ2v) is 8.02. The molecule has 1 unspecified atom stereocenters. The molecule has 6 heteroatoms. The Hall–Kier alpha value is -3.54. The average molecular weight is 433 g/mol. The van der Waals surface area contributed by atoms with Gasteiger partial charge in [-0.15, -0.1) is 0 Å². The third kappa shape index (κ3) is 5.58. The maximum absolute atomic E-state index is 10.9. The summed E-state index contributed by atoms with van der Waals surface area (Å²) in [6.07, 6.45) is 8.48. The molecule has 0 saturated carbocycles. The molecular weight excluding hydrogens is 404 g/mol. The largest absolute Gasteiger partial charge is 0.482 e. The minimum Gasteiger partial charge on any atom is -0.482 e. The second kappa shape index (κ2) is 10.7. The van der Waals surface area contributed by atoms with Gasteiger partial charge in [-0.1, -0.05) is 47.6 Å². The van der Waals surface area contributed by atoms with Gasteiger partial charge in [0.1, 0.15) is 12.4 Å². The topological polar surface area (TPSA) is 83.9 Å². The number of hydrogen-bond acceptors (Lipinski definition) is 4. The first-order valence-corrected chi connectivity index (χ1v) is 11.0. The minimum atomic E-state index is -0.963. The van der Waals surface area contributed by atoms with Gasteiger partial charge in [0.2, 0.25) is 0 Å². The van der Waals surface area contributed by atoms with Crippen molar-refractivity contribution in [2.45, 2.75) is 38.0 Å². The molecule has 1 aromatic heterocycles. The Kier molecular flexibility index (Phi) is 7.23. The molecule has 2 aromatic carbocycles. The fourth-order valence-corrected chi connectivity index (χ4v) is 4.29. The van der Waals surface area contributed by atoms with Crippen LogP contribution in [0.1, 0.15) is 47.4 Å². The maximum Gasteiger partial charge on any atom is 0.341 e. The highest BCUT2D eigenvalue weighted by atomic mass is 16.6. The van der Waals surface area contributed by atoms with Crippen LogP contribution < -0.4 is 4.74 Å². The molecule has 0 spiro atoms. The van der Waals surface area contributed by atoms with Crippen LogP contribution in [-0.2, 0) is 22.5 Å². The van der Waals surface area contributed by atoms with E-state index in [4.69, 9.17) is 14.7 Å². The molecule has 1 atom stereocenters. The lowest BCUT2D eigenvalue weighted by Gasteiger charge is -2.26. The Morgan fingerprint density at radius 3 is 2.78 bits per heavy atom. The Morgan fingerprint density at radius 2 is 2.00 bits per heavy atom. The van der Waals surface area contributed by atoms with Crippen LogP contribution >= 0.6 is 0 Å². The van der Waals surface area contributed by atoms with E-state index in [1.165, 1.54) is 5.56 Å². The quantitative estimate of drug-likeness (QED) is 0.270. The number of H-pyrrole nitrogens is 1. The highest BCUT2D eigenvalue weighted by molar-refractivity contribution is 6.01. The van der Waals surface area contributed by atoms with Crippen LogP contribution in [0.4, 0.5) is 0 Å². The van der Waals surface area contributed by atoms with Crippen molar-refractivity contribution in [2.24, 2.45) is 5.16 Å². The summed E-state index contributed by atoms with van der Waals surface area (Å²) in [7, 11) is 0. The van der Waals surface area contributed by atoms with Crippen LogP contribution in [-0.4, -0.2) is 35.0 Å². The number of nitrogens with one attached hydrogen (secondary N) is 1. The fourth-order valence-electron chi connectivity index (χ4n) is 4.29. The molecule has 4 rings (SSSR count). The van der Waals surface area contributed by atoms with Crippen LogP contribution in [0.3, 0.4) is 0 Å². The first kappa shape index (κ1) is 21.7. The van der Waals surface area contributed by atoms with Crippen LogP contribution in [0.2, 0.25) is 0 Å². The van der Waals surface area contributed by atoms with Gasteiger partial charge in [-0.3, -0.25) is 0 Å². The number of aliphatic carboxylic acids is 1. The van der Waals surface area contributed by atoms with Gasteiger partial charge in [0.25, 0.3) is 0 Å². The molecular formula is C26H28N2O4. The molecule has 0 fully saturated rings. The smallest absolute Gasteiger partial charge is 0.341 e. The molecule has 0 saturated heterocycles. The molecule has 0 aliphatic heterocycles. The summed E-state index contributed by atoms with van der Waals surface area (Å²) in [6, 6.07) is 18.1. The highest BCUT2D eigenvalue weighted by Crippen LogP contribution is 2.38. The van der Waals surface area contributed by atoms with Crippen molar-refractivity contribution in [1.29, 1.82) is 0 Å². The Morgan fingerprint density at radius 1 is 1.12 bits per heavy atom. The predicted molar refractivity (Wildman–Crippen MR) is 123 cm³/mol. The van der Waals surface area contributed by atoms with E-state index in [1.54, 1.807) is 0 Å². The summed E-state index contributed by atoms with van der Waals surface area (Å²) in [5.74, 6) is 0.0775. The monoisotopic (exact) mass is 432 g/mol. The molecule has 6 nitrogen and oxygen atoms in total. The zero-order chi connectivity index (χ0) is 22.2. The third-order valence-electron chi connectivity index (χ3n) is 5.81. The van der Waals surface area contributed by atoms with Crippen LogP contribution in [0, 0.1) is 0 Å². The number of benzene rings is 2. The number of ether oxygens (including phenoxy) is 1. The summed E-state index contributed by atoms with van der Waals surface area (Å²) >= 11 is 0. The number of carboxylic acids is 1. The normalized spacial score (nSPS) is 15.8. The highest BCUT2D eigenvalue weighted by Gasteiger charge is 2.23. The van der Waals surface area contributed by atoms with E-state index in [1.807, 2.05) is 60.9 Å². The molecule has 0 amide bonds. The minimum absolute atomic E-state index is 0.317. The van der Waals surface area contributed by atoms with Gasteiger partial charge in [0.15, 0.2) is 6.61 Å². The van der Waals surface area contributed by atoms with Gasteiger partial charge in [-0.25, -0.2) is 4.79 Å². The lowest BCUT2D eigenvalue weighted by Crippen LogP contribution is -2.15. The van der Waals surface area contributed by atoms with Crippen molar-refractivity contribution in [2.75, 3.05) is 13.2 Å². The van der Waals surface area contributed by atoms with Crippen molar-refractivity contribution < 1.29 is 19.5 Å². The zero-order valence-corrected chi connectivity index (χ0v) is 18.0. The number of hydrogen-bond donors (Lipinski definition) is 2. The van der Waals surface area contributed by atoms with Gasteiger partial charge < -0.3 is 19.7 Å². The van der Waals surface area contributed by atoms with Crippen LogP contribution in [0.15, 0.2) is 72.1 Å². The number of fused-ring (bicyclic) bond motifs is 1. The molecule has 32 heavy (non-hydrogen) atoms. The van der Waals surface area contributed by atoms with E-state index < -0.39 is 5.97 Å². The van der Waals surface area contributed by atoms with Crippen molar-refractivity contribution in [3.05, 3.63) is 89.2 Å². The van der Waals surface area contributed by atoms with E-state index in [0.717, 1.165) is 48.1 Å². The van der Waals surface area contributed by atoms with Crippen molar-refractivity contribution in [3.63, 3.8) is 0 Å². The Labute approximate surface area is 187 Å². The first-order chi connectivity index (χ1) is 15.7. The number of oxime groups is 1. The molecule has 1 aliphatic rings. The number of carbonyl (C=O) groups is 1. The molecule has 1 aliphatic carbocycles. The Balaban J connectivity index is 1.41. The van der Waals surface area contributed by atoms with Crippen LogP contribution in [0.25, 0.3) is 0 Å². The molecule has 3 aromatic rings. The van der Waals surface area contributed by atoms with Gasteiger partial charge in [-0.05, 0) is 66.0 Å². The number of aromatic amines is 1. The molecule has 0 radical (unpaired) electrons. The lowest BCUT2D eigenvalue weighted by molar-refractivity contribution is -0.139. The molecule has 1 heterocycles. The van der Waals surface area contributed by atoms with Crippen LogP contribution in [0.5, 0.6) is 5.75 Å². The number of aromatic nitrogens is 1. The average Bonchev–Trinajstić information content (AvgIpc) is 3.33. The SMILES string of the molecule is O=C(O)COc1cccc2c1CCCC2CCO/N=C(\Cc1cc[nH]c1)c1ccccc1. The van der Waals surface area contributed by atoms with E-state index in [-0.39, 0.29) is 6.61 Å². The summed E-state index contributed by atoms with van der Waals surface area (Å²) in [5.41, 5.74) is 5.48. The van der Waals surface area contributed by atoms with Crippen molar-refractivity contribution in [3.8, 4) is 5.75 Å². The number of carboxylic acid groups (broad SMARTS) is 1. The molecule has 2 N–H and O–H groups in total. The van der Waals surface area contributed by atoms with E-state index in [9.17, 15) is 4.79 Å². The molecule has 166 valence electrons. The Bertz CT molecular complexity index is 1040.